The highest BCUT2D eigenvalue weighted by Gasteiger charge is 2.27. The molecule has 0 saturated carbocycles. The second kappa shape index (κ2) is 7.50. The summed E-state index contributed by atoms with van der Waals surface area (Å²) in [6.45, 7) is 1.02. The zero-order chi connectivity index (χ0) is 19.7. The molecule has 0 spiro atoms. The Morgan fingerprint density at radius 1 is 1.14 bits per heavy atom. The molecule has 2 aromatic carbocycles. The molecule has 28 heavy (non-hydrogen) atoms. The van der Waals surface area contributed by atoms with Crippen molar-refractivity contribution in [2.24, 2.45) is 0 Å². The standard InChI is InChI=1S/C21H23NO6/c1-22(2)17-6-7-18-21(28-12-27-18)16(17)11-25-14-4-5-15-13(8-20(23)24-3)10-26-19(15)9-14/h4-7,9,13H,8,10-12H2,1-3H3/t13-/m1/s1. The fraction of sp³-hybridized carbons (Fsp3) is 0.381. The highest BCUT2D eigenvalue weighted by molar-refractivity contribution is 5.71. The Balaban J connectivity index is 1.51. The molecule has 2 aliphatic rings. The third-order valence-electron chi connectivity index (χ3n) is 4.99. The number of hydrogen-bond acceptors (Lipinski definition) is 7. The fourth-order valence-electron chi connectivity index (χ4n) is 3.53. The lowest BCUT2D eigenvalue weighted by atomic mass is 9.98. The second-order valence-corrected chi connectivity index (χ2v) is 6.97. The third kappa shape index (κ3) is 3.40. The van der Waals surface area contributed by atoms with E-state index in [1.807, 2.05) is 49.3 Å². The van der Waals surface area contributed by atoms with Crippen LogP contribution in [0.5, 0.6) is 23.0 Å². The second-order valence-electron chi connectivity index (χ2n) is 6.97. The Morgan fingerprint density at radius 2 is 2.00 bits per heavy atom. The molecule has 0 bridgehead atoms. The van der Waals surface area contributed by atoms with Crippen LogP contribution in [0.1, 0.15) is 23.5 Å². The molecule has 0 unspecified atom stereocenters. The number of carbonyl (C=O) groups excluding carboxylic acids is 1. The topological polar surface area (TPSA) is 66.5 Å². The van der Waals surface area contributed by atoms with Crippen LogP contribution in [0.25, 0.3) is 0 Å². The van der Waals surface area contributed by atoms with E-state index in [1.54, 1.807) is 0 Å². The van der Waals surface area contributed by atoms with Crippen molar-refractivity contribution in [3.05, 3.63) is 41.5 Å². The van der Waals surface area contributed by atoms with Gasteiger partial charge in [-0.3, -0.25) is 4.79 Å². The van der Waals surface area contributed by atoms with Crippen LogP contribution in [0.15, 0.2) is 30.3 Å². The zero-order valence-electron chi connectivity index (χ0n) is 16.2. The fourth-order valence-corrected chi connectivity index (χ4v) is 3.53. The van der Waals surface area contributed by atoms with Crippen molar-refractivity contribution >= 4 is 11.7 Å². The van der Waals surface area contributed by atoms with Crippen molar-refractivity contribution in [1.82, 2.24) is 0 Å². The van der Waals surface area contributed by atoms with Gasteiger partial charge in [0, 0.05) is 37.3 Å². The van der Waals surface area contributed by atoms with Gasteiger partial charge in [0.25, 0.3) is 0 Å². The molecule has 0 saturated heterocycles. The molecule has 2 aliphatic heterocycles. The van der Waals surface area contributed by atoms with Crippen LogP contribution in [0.4, 0.5) is 5.69 Å². The van der Waals surface area contributed by atoms with Crippen molar-refractivity contribution in [1.29, 1.82) is 0 Å². The first kappa shape index (κ1) is 18.3. The van der Waals surface area contributed by atoms with Gasteiger partial charge in [-0.05, 0) is 18.2 Å². The molecule has 0 aliphatic carbocycles. The largest absolute Gasteiger partial charge is 0.492 e. The monoisotopic (exact) mass is 385 g/mol. The summed E-state index contributed by atoms with van der Waals surface area (Å²) in [4.78, 5) is 13.6. The summed E-state index contributed by atoms with van der Waals surface area (Å²) in [5, 5.41) is 0. The van der Waals surface area contributed by atoms with E-state index >= 15 is 0 Å². The van der Waals surface area contributed by atoms with Gasteiger partial charge in [-0.15, -0.1) is 0 Å². The lowest BCUT2D eigenvalue weighted by molar-refractivity contribution is -0.141. The molecule has 148 valence electrons. The number of esters is 1. The Bertz CT molecular complexity index is 895. The number of rotatable bonds is 6. The van der Waals surface area contributed by atoms with Gasteiger partial charge in [-0.1, -0.05) is 6.07 Å². The summed E-state index contributed by atoms with van der Waals surface area (Å²) in [6.07, 6.45) is 0.309. The SMILES string of the molecule is COC(=O)C[C@@H]1COc2cc(OCc3c(N(C)C)ccc4c3OCO4)ccc21. The van der Waals surface area contributed by atoms with E-state index in [2.05, 4.69) is 0 Å². The van der Waals surface area contributed by atoms with Gasteiger partial charge in [0.2, 0.25) is 6.79 Å². The summed E-state index contributed by atoms with van der Waals surface area (Å²) >= 11 is 0. The maximum absolute atomic E-state index is 11.6. The van der Waals surface area contributed by atoms with Crippen LogP contribution in [0.2, 0.25) is 0 Å². The van der Waals surface area contributed by atoms with E-state index < -0.39 is 0 Å². The van der Waals surface area contributed by atoms with Gasteiger partial charge in [0.05, 0.1) is 25.7 Å². The minimum Gasteiger partial charge on any atom is -0.492 e. The summed E-state index contributed by atoms with van der Waals surface area (Å²) in [7, 11) is 5.35. The van der Waals surface area contributed by atoms with Crippen molar-refractivity contribution in [2.75, 3.05) is 39.5 Å². The lowest BCUT2D eigenvalue weighted by Gasteiger charge is -2.19. The molecule has 0 fully saturated rings. The average molecular weight is 385 g/mol. The van der Waals surface area contributed by atoms with Gasteiger partial charge in [0.1, 0.15) is 18.1 Å². The maximum Gasteiger partial charge on any atom is 0.306 e. The van der Waals surface area contributed by atoms with Gasteiger partial charge in [-0.2, -0.15) is 0 Å². The molecule has 7 nitrogen and oxygen atoms in total. The van der Waals surface area contributed by atoms with Crippen LogP contribution >= 0.6 is 0 Å². The summed E-state index contributed by atoms with van der Waals surface area (Å²) < 4.78 is 27.7. The molecule has 0 N–H and O–H groups in total. The van der Waals surface area contributed by atoms with Gasteiger partial charge in [-0.25, -0.2) is 0 Å². The molecule has 0 amide bonds. The number of fused-ring (bicyclic) bond motifs is 2. The zero-order valence-corrected chi connectivity index (χ0v) is 16.2. The molecule has 0 radical (unpaired) electrons. The molecule has 0 aromatic heterocycles. The minimum absolute atomic E-state index is 0.0137. The number of benzene rings is 2. The van der Waals surface area contributed by atoms with E-state index in [0.29, 0.717) is 25.4 Å². The number of nitrogens with zero attached hydrogens (tertiary/aromatic N) is 1. The molecule has 2 heterocycles. The Kier molecular flexibility index (Phi) is 4.90. The lowest BCUT2D eigenvalue weighted by Crippen LogP contribution is -2.13. The van der Waals surface area contributed by atoms with Crippen molar-refractivity contribution in [3.8, 4) is 23.0 Å². The molecule has 2 aromatic rings. The minimum atomic E-state index is -0.238. The van der Waals surface area contributed by atoms with Gasteiger partial charge < -0.3 is 28.6 Å². The van der Waals surface area contributed by atoms with Crippen molar-refractivity contribution in [2.45, 2.75) is 18.9 Å². The molecular formula is C21H23NO6. The smallest absolute Gasteiger partial charge is 0.306 e. The third-order valence-corrected chi connectivity index (χ3v) is 4.99. The molecule has 4 rings (SSSR count). The van der Waals surface area contributed by atoms with Crippen LogP contribution in [-0.4, -0.2) is 40.6 Å². The van der Waals surface area contributed by atoms with Gasteiger partial charge >= 0.3 is 5.97 Å². The predicted octanol–water partition coefficient (Wildman–Crippen LogP) is 3.10. The average Bonchev–Trinajstić information content (AvgIpc) is 3.32. The Hall–Kier alpha value is -3.09. The highest BCUT2D eigenvalue weighted by Crippen LogP contribution is 2.42. The van der Waals surface area contributed by atoms with Crippen LogP contribution in [0, 0.1) is 0 Å². The first-order chi connectivity index (χ1) is 13.6. The van der Waals surface area contributed by atoms with Crippen LogP contribution in [0.3, 0.4) is 0 Å². The molecule has 7 heteroatoms. The van der Waals surface area contributed by atoms with Crippen molar-refractivity contribution < 1.29 is 28.5 Å². The van der Waals surface area contributed by atoms with E-state index in [4.69, 9.17) is 23.7 Å². The van der Waals surface area contributed by atoms with E-state index in [9.17, 15) is 4.79 Å². The number of hydrogen-bond donors (Lipinski definition) is 0. The van der Waals surface area contributed by atoms with Crippen LogP contribution in [-0.2, 0) is 16.1 Å². The maximum atomic E-state index is 11.6. The number of anilines is 1. The highest BCUT2D eigenvalue weighted by atomic mass is 16.7. The Morgan fingerprint density at radius 3 is 2.79 bits per heavy atom. The number of methoxy groups -OCH3 is 1. The van der Waals surface area contributed by atoms with Crippen molar-refractivity contribution in [3.63, 3.8) is 0 Å². The first-order valence-electron chi connectivity index (χ1n) is 9.12. The summed E-state index contributed by atoms with van der Waals surface area (Å²) in [5.41, 5.74) is 2.95. The molecular weight excluding hydrogens is 362 g/mol. The number of ether oxygens (including phenoxy) is 5. The summed E-state index contributed by atoms with van der Waals surface area (Å²) in [5.74, 6) is 2.67. The number of carbonyl (C=O) groups is 1. The van der Waals surface area contributed by atoms with E-state index in [0.717, 1.165) is 34.1 Å². The van der Waals surface area contributed by atoms with E-state index in [1.165, 1.54) is 7.11 Å². The van der Waals surface area contributed by atoms with Gasteiger partial charge in [0.15, 0.2) is 11.5 Å². The normalized spacial score (nSPS) is 16.3. The quantitative estimate of drug-likeness (QED) is 0.708. The molecule has 1 atom stereocenters. The van der Waals surface area contributed by atoms with Crippen LogP contribution < -0.4 is 23.8 Å². The Labute approximate surface area is 163 Å². The predicted molar refractivity (Wildman–Crippen MR) is 103 cm³/mol. The first-order valence-corrected chi connectivity index (χ1v) is 9.12. The van der Waals surface area contributed by atoms with E-state index in [-0.39, 0.29) is 18.7 Å². The summed E-state index contributed by atoms with van der Waals surface area (Å²) in [6, 6.07) is 9.62.